The minimum Gasteiger partial charge on any atom is -0.497 e. The Kier molecular flexibility index (Phi) is 6.72. The number of ether oxygens (including phenoxy) is 1. The zero-order chi connectivity index (χ0) is 21.7. The lowest BCUT2D eigenvalue weighted by molar-refractivity contribution is -0.380. The number of aromatic amines is 1. The van der Waals surface area contributed by atoms with Crippen molar-refractivity contribution in [1.29, 1.82) is 0 Å². The maximum Gasteiger partial charge on any atom is 0.251 e. The van der Waals surface area contributed by atoms with Gasteiger partial charge in [0, 0.05) is 32.2 Å². The van der Waals surface area contributed by atoms with Crippen molar-refractivity contribution >= 4 is 21.9 Å². The van der Waals surface area contributed by atoms with Gasteiger partial charge in [0.1, 0.15) is 5.75 Å². The van der Waals surface area contributed by atoms with Crippen LogP contribution in [0.25, 0.3) is 0 Å². The van der Waals surface area contributed by atoms with E-state index in [4.69, 9.17) is 4.74 Å². The minimum absolute atomic E-state index is 0.368. The molecule has 0 atom stereocenters. The first-order valence-corrected chi connectivity index (χ1v) is 12.2. The highest BCUT2D eigenvalue weighted by molar-refractivity contribution is 7.89. The summed E-state index contributed by atoms with van der Waals surface area (Å²) < 4.78 is 33.3. The van der Waals surface area contributed by atoms with Crippen molar-refractivity contribution in [2.24, 2.45) is 5.10 Å². The molecule has 166 valence electrons. The van der Waals surface area contributed by atoms with Gasteiger partial charge in [-0.1, -0.05) is 6.42 Å². The summed E-state index contributed by atoms with van der Waals surface area (Å²) in [6, 6.07) is 9.63. The van der Waals surface area contributed by atoms with E-state index in [0.717, 1.165) is 49.4 Å². The molecule has 0 bridgehead atoms. The van der Waals surface area contributed by atoms with Gasteiger partial charge >= 0.3 is 0 Å². The van der Waals surface area contributed by atoms with E-state index >= 15 is 0 Å². The van der Waals surface area contributed by atoms with Gasteiger partial charge < -0.3 is 9.64 Å². The highest BCUT2D eigenvalue weighted by Crippen LogP contribution is 2.28. The SMILES string of the molecule is COc1ccc(/C=N\N2CCN(c3cc[nH+]cc3S(=O)(=O)N3CCCCC3)CC2)cc1. The maximum atomic E-state index is 13.3. The zero-order valence-corrected chi connectivity index (χ0v) is 18.7. The summed E-state index contributed by atoms with van der Waals surface area (Å²) in [5.74, 6) is 0.821. The fourth-order valence-corrected chi connectivity index (χ4v) is 5.71. The molecule has 0 unspecified atom stereocenters. The monoisotopic (exact) mass is 444 g/mol. The second-order valence-electron chi connectivity index (χ2n) is 7.82. The van der Waals surface area contributed by atoms with Crippen molar-refractivity contribution in [3.8, 4) is 5.75 Å². The predicted molar refractivity (Wildman–Crippen MR) is 120 cm³/mol. The Morgan fingerprint density at radius 1 is 0.968 bits per heavy atom. The van der Waals surface area contributed by atoms with Crippen LogP contribution in [-0.4, -0.2) is 70.3 Å². The molecule has 2 aromatic rings. The summed E-state index contributed by atoms with van der Waals surface area (Å²) in [6.45, 7) is 4.09. The van der Waals surface area contributed by atoms with Gasteiger partial charge in [-0.15, -0.1) is 0 Å². The average molecular weight is 445 g/mol. The molecule has 4 rings (SSSR count). The number of anilines is 1. The first-order valence-electron chi connectivity index (χ1n) is 10.8. The quantitative estimate of drug-likeness (QED) is 0.635. The van der Waals surface area contributed by atoms with Gasteiger partial charge in [0.05, 0.1) is 32.1 Å². The molecule has 0 aliphatic carbocycles. The molecule has 1 N–H and O–H groups in total. The minimum atomic E-state index is -3.50. The van der Waals surface area contributed by atoms with E-state index < -0.39 is 10.0 Å². The van der Waals surface area contributed by atoms with E-state index in [9.17, 15) is 8.42 Å². The molecule has 31 heavy (non-hydrogen) atoms. The van der Waals surface area contributed by atoms with E-state index in [2.05, 4.69) is 15.0 Å². The number of nitrogens with one attached hydrogen (secondary N) is 1. The first-order chi connectivity index (χ1) is 15.1. The molecule has 3 heterocycles. The van der Waals surface area contributed by atoms with Crippen molar-refractivity contribution in [3.63, 3.8) is 0 Å². The number of rotatable bonds is 6. The molecule has 1 aromatic heterocycles. The Morgan fingerprint density at radius 3 is 2.35 bits per heavy atom. The lowest BCUT2D eigenvalue weighted by Gasteiger charge is -2.35. The van der Waals surface area contributed by atoms with Gasteiger partial charge in [0.2, 0.25) is 0 Å². The summed E-state index contributed by atoms with van der Waals surface area (Å²) >= 11 is 0. The molecule has 0 saturated carbocycles. The Hall–Kier alpha value is -2.65. The largest absolute Gasteiger partial charge is 0.497 e. The van der Waals surface area contributed by atoms with Crippen molar-refractivity contribution < 1.29 is 18.1 Å². The Morgan fingerprint density at radius 2 is 1.68 bits per heavy atom. The summed E-state index contributed by atoms with van der Waals surface area (Å²) in [7, 11) is -1.85. The van der Waals surface area contributed by atoms with Crippen LogP contribution in [0.5, 0.6) is 5.75 Å². The van der Waals surface area contributed by atoms with Crippen LogP contribution in [0.4, 0.5) is 5.69 Å². The summed E-state index contributed by atoms with van der Waals surface area (Å²) in [4.78, 5) is 5.48. The number of pyridine rings is 1. The molecular formula is C22H30N5O3S+. The maximum absolute atomic E-state index is 13.3. The van der Waals surface area contributed by atoms with Gasteiger partial charge in [-0.05, 0) is 42.7 Å². The smallest absolute Gasteiger partial charge is 0.251 e. The van der Waals surface area contributed by atoms with Crippen molar-refractivity contribution in [1.82, 2.24) is 9.31 Å². The molecule has 0 radical (unpaired) electrons. The molecule has 2 aliphatic rings. The lowest BCUT2D eigenvalue weighted by Crippen LogP contribution is -2.45. The molecule has 2 saturated heterocycles. The van der Waals surface area contributed by atoms with Gasteiger partial charge in [-0.25, -0.2) is 13.4 Å². The lowest BCUT2D eigenvalue weighted by atomic mass is 10.2. The van der Waals surface area contributed by atoms with Gasteiger partial charge in [-0.2, -0.15) is 9.41 Å². The van der Waals surface area contributed by atoms with E-state index in [-0.39, 0.29) is 0 Å². The van der Waals surface area contributed by atoms with Crippen LogP contribution in [-0.2, 0) is 10.0 Å². The van der Waals surface area contributed by atoms with Crippen molar-refractivity contribution in [2.75, 3.05) is 51.3 Å². The van der Waals surface area contributed by atoms with Crippen molar-refractivity contribution in [2.45, 2.75) is 24.2 Å². The van der Waals surface area contributed by atoms with E-state index in [0.29, 0.717) is 31.1 Å². The second-order valence-corrected chi connectivity index (χ2v) is 9.72. The second kappa shape index (κ2) is 9.65. The van der Waals surface area contributed by atoms with Crippen LogP contribution in [0.3, 0.4) is 0 Å². The van der Waals surface area contributed by atoms with Crippen molar-refractivity contribution in [3.05, 3.63) is 48.3 Å². The fourth-order valence-electron chi connectivity index (χ4n) is 4.01. The number of hydrazone groups is 1. The standard InChI is InChI=1S/C22H29N5O3S/c1-30-20-7-5-19(6-8-20)17-24-26-15-13-25(14-16-26)21-9-10-23-18-22(21)31(28,29)27-11-3-2-4-12-27/h5-10,17-18H,2-4,11-16H2,1H3/p+1/b24-17-. The van der Waals surface area contributed by atoms with Crippen LogP contribution in [0, 0.1) is 0 Å². The number of nitrogens with zero attached hydrogens (tertiary/aromatic N) is 4. The predicted octanol–water partition coefficient (Wildman–Crippen LogP) is 1.84. The van der Waals surface area contributed by atoms with Gasteiger partial charge in [0.25, 0.3) is 10.0 Å². The Balaban J connectivity index is 1.42. The number of hydrogen-bond acceptors (Lipinski definition) is 6. The Labute approximate surface area is 184 Å². The summed E-state index contributed by atoms with van der Waals surface area (Å²) in [6.07, 6.45) is 8.20. The number of benzene rings is 1. The third kappa shape index (κ3) is 4.99. The molecule has 1 aromatic carbocycles. The molecule has 8 nitrogen and oxygen atoms in total. The first kappa shape index (κ1) is 21.6. The topological polar surface area (TPSA) is 79.6 Å². The van der Waals surface area contributed by atoms with Crippen LogP contribution < -0.4 is 14.6 Å². The number of piperidine rings is 1. The fraction of sp³-hybridized carbons (Fsp3) is 0.455. The zero-order valence-electron chi connectivity index (χ0n) is 17.9. The highest BCUT2D eigenvalue weighted by atomic mass is 32.2. The number of sulfonamides is 1. The number of aromatic nitrogens is 1. The third-order valence-corrected chi connectivity index (χ3v) is 7.75. The number of H-pyrrole nitrogens is 1. The Bertz CT molecular complexity index is 996. The summed E-state index contributed by atoms with van der Waals surface area (Å²) in [5.41, 5.74) is 1.78. The third-order valence-electron chi connectivity index (χ3n) is 5.82. The van der Waals surface area contributed by atoms with Crippen LogP contribution >= 0.6 is 0 Å². The molecule has 2 aliphatic heterocycles. The van der Waals surface area contributed by atoms with E-state index in [1.165, 1.54) is 0 Å². The molecule has 9 heteroatoms. The van der Waals surface area contributed by atoms with Crippen LogP contribution in [0.15, 0.2) is 52.7 Å². The molecule has 0 spiro atoms. The molecule has 0 amide bonds. The highest BCUT2D eigenvalue weighted by Gasteiger charge is 2.32. The van der Waals surface area contributed by atoms with E-state index in [1.807, 2.05) is 41.6 Å². The molecular weight excluding hydrogens is 414 g/mol. The van der Waals surface area contributed by atoms with Gasteiger partial charge in [-0.3, -0.25) is 5.01 Å². The number of methoxy groups -OCH3 is 1. The summed E-state index contributed by atoms with van der Waals surface area (Å²) in [5, 5.41) is 6.61. The number of hydrogen-bond donors (Lipinski definition) is 0. The van der Waals surface area contributed by atoms with E-state index in [1.54, 1.807) is 23.8 Å². The van der Waals surface area contributed by atoms with Gasteiger partial charge in [0.15, 0.2) is 17.3 Å². The normalized spacial score (nSPS) is 18.5. The van der Waals surface area contributed by atoms with Crippen LogP contribution in [0.1, 0.15) is 24.8 Å². The average Bonchev–Trinajstić information content (AvgIpc) is 2.84. The van der Waals surface area contributed by atoms with Crippen LogP contribution in [0.2, 0.25) is 0 Å². The molecule has 2 fully saturated rings. The number of piperazine rings is 1.